The van der Waals surface area contributed by atoms with Gasteiger partial charge in [0.15, 0.2) is 0 Å². The number of halogens is 5. The predicted molar refractivity (Wildman–Crippen MR) is 117 cm³/mol. The summed E-state index contributed by atoms with van der Waals surface area (Å²) in [4.78, 5) is 34.5. The number of pyridine rings is 1. The fraction of sp³-hybridized carbons (Fsp3) is 0.300. The molecule has 0 fully saturated rings. The molecule has 15 heteroatoms. The quantitative estimate of drug-likeness (QED) is 0.461. The van der Waals surface area contributed by atoms with Crippen molar-refractivity contribution >= 4 is 17.3 Å². The summed E-state index contributed by atoms with van der Waals surface area (Å²) in [7, 11) is 0. The third-order valence-corrected chi connectivity index (χ3v) is 5.47. The van der Waals surface area contributed by atoms with Crippen LogP contribution in [-0.4, -0.2) is 42.7 Å². The van der Waals surface area contributed by atoms with E-state index in [0.29, 0.717) is 12.1 Å². The van der Waals surface area contributed by atoms with Crippen molar-refractivity contribution in [3.63, 3.8) is 0 Å². The molecule has 0 radical (unpaired) electrons. The van der Waals surface area contributed by atoms with Gasteiger partial charge in [0.25, 0.3) is 11.6 Å². The minimum absolute atomic E-state index is 0.0753. The lowest BCUT2D eigenvalue weighted by molar-refractivity contribution is -0.192. The molecule has 0 amide bonds. The van der Waals surface area contributed by atoms with Gasteiger partial charge in [-0.2, -0.15) is 27.1 Å². The van der Waals surface area contributed by atoms with Gasteiger partial charge in [-0.3, -0.25) is 9.36 Å². The smallest absolute Gasteiger partial charge is 0.475 e. The van der Waals surface area contributed by atoms with E-state index in [0.717, 1.165) is 15.1 Å². The second-order valence-corrected chi connectivity index (χ2v) is 7.88. The Morgan fingerprint density at radius 1 is 1.23 bits per heavy atom. The fourth-order valence-corrected chi connectivity index (χ4v) is 3.63. The summed E-state index contributed by atoms with van der Waals surface area (Å²) in [5, 5.41) is 12.9. The Hall–Kier alpha value is -3.59. The number of aromatic nitrogens is 4. The van der Waals surface area contributed by atoms with Gasteiger partial charge in [-0.1, -0.05) is 0 Å². The van der Waals surface area contributed by atoms with Gasteiger partial charge in [-0.15, -0.1) is 11.3 Å². The number of rotatable bonds is 7. The maximum Gasteiger partial charge on any atom is 0.490 e. The van der Waals surface area contributed by atoms with Crippen molar-refractivity contribution in [3.8, 4) is 11.1 Å². The number of aliphatic carboxylic acids is 1. The Morgan fingerprint density at radius 3 is 2.43 bits per heavy atom. The summed E-state index contributed by atoms with van der Waals surface area (Å²) in [5.74, 6) is -2.76. The van der Waals surface area contributed by atoms with Gasteiger partial charge in [0.05, 0.1) is 13.1 Å². The Balaban J connectivity index is 0.000000540. The average molecular weight is 521 g/mol. The van der Waals surface area contributed by atoms with Gasteiger partial charge in [0, 0.05) is 35.3 Å². The van der Waals surface area contributed by atoms with Crippen LogP contribution in [0.3, 0.4) is 0 Å². The molecule has 35 heavy (non-hydrogen) atoms. The summed E-state index contributed by atoms with van der Waals surface area (Å²) in [6, 6.07) is 5.42. The van der Waals surface area contributed by atoms with Crippen molar-refractivity contribution in [2.75, 3.05) is 6.54 Å². The second kappa shape index (κ2) is 11.7. The second-order valence-electron chi connectivity index (χ2n) is 6.88. The minimum Gasteiger partial charge on any atom is -0.475 e. The molecule has 3 heterocycles. The molecule has 0 unspecified atom stereocenters. The van der Waals surface area contributed by atoms with Crippen molar-refractivity contribution in [2.45, 2.75) is 32.7 Å². The number of carboxylic acids is 1. The summed E-state index contributed by atoms with van der Waals surface area (Å²) < 4.78 is 61.1. The molecule has 0 saturated heterocycles. The van der Waals surface area contributed by atoms with Crippen LogP contribution in [0.25, 0.3) is 11.1 Å². The van der Waals surface area contributed by atoms with E-state index in [2.05, 4.69) is 5.10 Å². The third-order valence-electron chi connectivity index (χ3n) is 4.55. The zero-order valence-electron chi connectivity index (χ0n) is 18.1. The van der Waals surface area contributed by atoms with E-state index >= 15 is 0 Å². The number of hydrogen-bond acceptors (Lipinski definition) is 6. The summed E-state index contributed by atoms with van der Waals surface area (Å²) >= 11 is 1.41. The van der Waals surface area contributed by atoms with E-state index in [-0.39, 0.29) is 30.8 Å². The predicted octanol–water partition coefficient (Wildman–Crippen LogP) is 2.75. The lowest BCUT2D eigenvalue weighted by Crippen LogP contribution is -2.27. The Labute approximate surface area is 198 Å². The minimum atomic E-state index is -5.08. The molecular formula is C20H20F5N5O4S. The van der Waals surface area contributed by atoms with Crippen LogP contribution in [0.2, 0.25) is 0 Å². The highest BCUT2D eigenvalue weighted by Gasteiger charge is 2.38. The third kappa shape index (κ3) is 7.19. The molecule has 190 valence electrons. The van der Waals surface area contributed by atoms with Crippen LogP contribution in [0.15, 0.2) is 57.3 Å². The van der Waals surface area contributed by atoms with E-state index in [1.807, 2.05) is 24.4 Å². The molecule has 0 atom stereocenters. The first-order valence-corrected chi connectivity index (χ1v) is 10.7. The highest BCUT2D eigenvalue weighted by molar-refractivity contribution is 7.10. The molecule has 3 aromatic heterocycles. The van der Waals surface area contributed by atoms with Crippen LogP contribution in [0.5, 0.6) is 0 Å². The zero-order valence-corrected chi connectivity index (χ0v) is 18.9. The summed E-state index contributed by atoms with van der Waals surface area (Å²) in [5.41, 5.74) is 5.74. The number of hydrogen-bond donors (Lipinski definition) is 2. The summed E-state index contributed by atoms with van der Waals surface area (Å²) in [6.07, 6.45) is -3.94. The molecule has 3 rings (SSSR count). The first kappa shape index (κ1) is 27.7. The molecule has 0 spiro atoms. The average Bonchev–Trinajstić information content (AvgIpc) is 3.39. The van der Waals surface area contributed by atoms with Crippen LogP contribution in [0.1, 0.15) is 11.8 Å². The van der Waals surface area contributed by atoms with Crippen molar-refractivity contribution in [2.24, 2.45) is 5.73 Å². The van der Waals surface area contributed by atoms with Gasteiger partial charge >= 0.3 is 17.8 Å². The molecule has 3 N–H and O–H groups in total. The molecule has 0 saturated carbocycles. The lowest BCUT2D eigenvalue weighted by Gasteiger charge is -2.03. The van der Waals surface area contributed by atoms with E-state index < -0.39 is 23.9 Å². The number of aryl methyl sites for hydroxylation is 1. The Morgan fingerprint density at radius 2 is 1.89 bits per heavy atom. The summed E-state index contributed by atoms with van der Waals surface area (Å²) in [6.45, 7) is 2.02. The van der Waals surface area contributed by atoms with Crippen LogP contribution < -0.4 is 17.0 Å². The molecular weight excluding hydrogens is 501 g/mol. The molecule has 3 aromatic rings. The van der Waals surface area contributed by atoms with E-state index in [1.54, 1.807) is 16.8 Å². The van der Waals surface area contributed by atoms with Crippen LogP contribution >= 0.6 is 11.3 Å². The van der Waals surface area contributed by atoms with Gasteiger partial charge in [0.1, 0.15) is 6.33 Å². The largest absolute Gasteiger partial charge is 0.490 e. The van der Waals surface area contributed by atoms with Gasteiger partial charge in [0.2, 0.25) is 0 Å². The van der Waals surface area contributed by atoms with Crippen LogP contribution in [-0.2, 0) is 24.4 Å². The van der Waals surface area contributed by atoms with Crippen LogP contribution in [0, 0.1) is 0 Å². The monoisotopic (exact) mass is 521 g/mol. The number of nitrogens with two attached hydrogens (primary N) is 1. The highest BCUT2D eigenvalue weighted by Crippen LogP contribution is 2.23. The Kier molecular flexibility index (Phi) is 9.25. The van der Waals surface area contributed by atoms with Gasteiger partial charge in [-0.25, -0.2) is 14.3 Å². The topological polar surface area (TPSA) is 125 Å². The van der Waals surface area contributed by atoms with Gasteiger partial charge in [-0.05, 0) is 36.1 Å². The number of nitrogens with zero attached hydrogens (tertiary/aromatic N) is 4. The van der Waals surface area contributed by atoms with Crippen LogP contribution in [0.4, 0.5) is 22.0 Å². The maximum absolute atomic E-state index is 12.7. The number of thiophene rings is 1. The van der Waals surface area contributed by atoms with E-state index in [1.165, 1.54) is 22.2 Å². The lowest BCUT2D eigenvalue weighted by atomic mass is 10.1. The van der Waals surface area contributed by atoms with Crippen molar-refractivity contribution in [1.82, 2.24) is 18.9 Å². The van der Waals surface area contributed by atoms with Crippen molar-refractivity contribution in [3.05, 3.63) is 73.5 Å². The molecule has 0 aliphatic heterocycles. The normalized spacial score (nSPS) is 11.1. The molecule has 0 aromatic carbocycles. The number of carbonyl (C=O) groups is 1. The maximum atomic E-state index is 12.7. The fourth-order valence-electron chi connectivity index (χ4n) is 2.75. The van der Waals surface area contributed by atoms with Crippen molar-refractivity contribution in [1.29, 1.82) is 0 Å². The standard InChI is InChI=1S/C18H19F2N5O2S.C2HF3O2/c1-2-23-5-3-4-15(17(23)26)12-6-14(28-10-12)9-24-11-22-25(18(24)27)8-13(7-21)16(19)20;3-2(4,5)1(6)7/h3-6,10-11H,2,7-9,21H2,1H3;(H,6,7). The van der Waals surface area contributed by atoms with E-state index in [9.17, 15) is 31.5 Å². The first-order valence-electron chi connectivity index (χ1n) is 9.81. The number of carboxylic acid groups (broad SMARTS) is 1. The SMILES string of the molecule is CCn1cccc(-c2csc(Cn3cnn(CC(CN)=C(F)F)c3=O)c2)c1=O.O=C(O)C(F)(F)F. The van der Waals surface area contributed by atoms with Crippen molar-refractivity contribution < 1.29 is 31.9 Å². The first-order chi connectivity index (χ1) is 16.4. The molecule has 0 aliphatic rings. The highest BCUT2D eigenvalue weighted by atomic mass is 32.1. The Bertz CT molecular complexity index is 1320. The molecule has 0 aliphatic carbocycles. The van der Waals surface area contributed by atoms with Gasteiger partial charge < -0.3 is 15.4 Å². The zero-order chi connectivity index (χ0) is 26.3. The number of alkyl halides is 3. The molecule has 9 nitrogen and oxygen atoms in total. The van der Waals surface area contributed by atoms with E-state index in [4.69, 9.17) is 15.6 Å². The molecule has 0 bridgehead atoms.